The van der Waals surface area contributed by atoms with Crippen molar-refractivity contribution in [1.29, 1.82) is 0 Å². The number of carbonyl (C=O) groups excluding carboxylic acids is 1. The quantitative estimate of drug-likeness (QED) is 0.558. The van der Waals surface area contributed by atoms with Crippen LogP contribution in [0.4, 0.5) is 0 Å². The van der Waals surface area contributed by atoms with Crippen LogP contribution in [0.2, 0.25) is 0 Å². The summed E-state index contributed by atoms with van der Waals surface area (Å²) >= 11 is 0. The fraction of sp³-hybridized carbons (Fsp3) is 0.769. The van der Waals surface area contributed by atoms with E-state index in [2.05, 4.69) is 6.08 Å². The lowest BCUT2D eigenvalue weighted by Gasteiger charge is -2.33. The Labute approximate surface area is 102 Å². The lowest BCUT2D eigenvalue weighted by molar-refractivity contribution is -0.145. The number of carbonyl (C=O) groups is 1. The van der Waals surface area contributed by atoms with E-state index in [1.54, 1.807) is 0 Å². The maximum absolute atomic E-state index is 11.4. The molecule has 0 unspecified atom stereocenters. The van der Waals surface area contributed by atoms with Gasteiger partial charge in [0.2, 0.25) is 0 Å². The highest BCUT2D eigenvalue weighted by molar-refractivity contribution is 5.69. The van der Waals surface area contributed by atoms with Crippen LogP contribution in [0.1, 0.15) is 39.0 Å². The zero-order valence-corrected chi connectivity index (χ0v) is 10.4. The van der Waals surface area contributed by atoms with Gasteiger partial charge in [0, 0.05) is 12.8 Å². The zero-order valence-electron chi connectivity index (χ0n) is 10.4. The molecular weight excluding hydrogens is 220 g/mol. The van der Waals surface area contributed by atoms with E-state index in [1.165, 1.54) is 0 Å². The lowest BCUT2D eigenvalue weighted by atomic mass is 9.89. The Morgan fingerprint density at radius 1 is 1.47 bits per heavy atom. The summed E-state index contributed by atoms with van der Waals surface area (Å²) in [5.41, 5.74) is 1.12. The summed E-state index contributed by atoms with van der Waals surface area (Å²) in [5.74, 6) is -0.669. The third-order valence-corrected chi connectivity index (χ3v) is 3.25. The maximum atomic E-state index is 11.4. The van der Waals surface area contributed by atoms with Crippen LogP contribution in [0, 0.1) is 0 Å². The molecular formula is C13H20O4. The summed E-state index contributed by atoms with van der Waals surface area (Å²) < 4.78 is 16.4. The maximum Gasteiger partial charge on any atom is 0.306 e. The number of rotatable bonds is 4. The Balaban J connectivity index is 1.93. The van der Waals surface area contributed by atoms with Gasteiger partial charge in [-0.05, 0) is 31.8 Å². The molecule has 1 saturated heterocycles. The van der Waals surface area contributed by atoms with Gasteiger partial charge >= 0.3 is 5.97 Å². The molecule has 17 heavy (non-hydrogen) atoms. The van der Waals surface area contributed by atoms with E-state index in [9.17, 15) is 4.79 Å². The van der Waals surface area contributed by atoms with Crippen molar-refractivity contribution in [3.63, 3.8) is 0 Å². The SMILES string of the molecule is CCOC(=O)CCC1=CCCCC12OCCO2. The van der Waals surface area contributed by atoms with E-state index in [0.29, 0.717) is 32.7 Å². The van der Waals surface area contributed by atoms with Crippen molar-refractivity contribution in [2.75, 3.05) is 19.8 Å². The highest BCUT2D eigenvalue weighted by Crippen LogP contribution is 2.39. The first-order valence-corrected chi connectivity index (χ1v) is 6.40. The highest BCUT2D eigenvalue weighted by Gasteiger charge is 2.41. The minimum atomic E-state index is -0.523. The van der Waals surface area contributed by atoms with Crippen molar-refractivity contribution in [2.45, 2.75) is 44.8 Å². The number of esters is 1. The molecule has 2 aliphatic rings. The van der Waals surface area contributed by atoms with E-state index in [4.69, 9.17) is 14.2 Å². The second-order valence-electron chi connectivity index (χ2n) is 4.38. The highest BCUT2D eigenvalue weighted by atomic mass is 16.7. The predicted octanol–water partition coefficient (Wildman–Crippen LogP) is 2.18. The molecule has 1 spiro atoms. The Bertz CT molecular complexity index is 303. The minimum absolute atomic E-state index is 0.146. The molecule has 0 bridgehead atoms. The van der Waals surface area contributed by atoms with E-state index in [0.717, 1.165) is 24.8 Å². The Morgan fingerprint density at radius 3 is 2.94 bits per heavy atom. The third kappa shape index (κ3) is 2.87. The predicted molar refractivity (Wildman–Crippen MR) is 62.4 cm³/mol. The van der Waals surface area contributed by atoms with Crippen LogP contribution in [0.15, 0.2) is 11.6 Å². The van der Waals surface area contributed by atoms with Crippen LogP contribution >= 0.6 is 0 Å². The topological polar surface area (TPSA) is 44.8 Å². The van der Waals surface area contributed by atoms with Gasteiger partial charge in [-0.2, -0.15) is 0 Å². The molecule has 0 aromatic rings. The van der Waals surface area contributed by atoms with Gasteiger partial charge in [-0.3, -0.25) is 4.79 Å². The van der Waals surface area contributed by atoms with Gasteiger partial charge in [0.05, 0.1) is 19.8 Å². The molecule has 0 aromatic heterocycles. The van der Waals surface area contributed by atoms with Crippen molar-refractivity contribution in [1.82, 2.24) is 0 Å². The van der Waals surface area contributed by atoms with Crippen LogP contribution in [-0.4, -0.2) is 31.6 Å². The summed E-state index contributed by atoms with van der Waals surface area (Å²) in [7, 11) is 0. The molecule has 0 aromatic carbocycles. The van der Waals surface area contributed by atoms with Gasteiger partial charge < -0.3 is 14.2 Å². The number of allylic oxidation sites excluding steroid dienone is 1. The van der Waals surface area contributed by atoms with Crippen LogP contribution in [0.5, 0.6) is 0 Å². The van der Waals surface area contributed by atoms with Crippen molar-refractivity contribution in [3.8, 4) is 0 Å². The van der Waals surface area contributed by atoms with Gasteiger partial charge in [0.15, 0.2) is 5.79 Å². The van der Waals surface area contributed by atoms with Crippen LogP contribution < -0.4 is 0 Å². The molecule has 0 amide bonds. The third-order valence-electron chi connectivity index (χ3n) is 3.25. The van der Waals surface area contributed by atoms with E-state index in [1.807, 2.05) is 6.92 Å². The second kappa shape index (κ2) is 5.65. The molecule has 96 valence electrons. The molecule has 1 aliphatic carbocycles. The molecule has 1 fully saturated rings. The number of hydrogen-bond donors (Lipinski definition) is 0. The van der Waals surface area contributed by atoms with Crippen molar-refractivity contribution in [3.05, 3.63) is 11.6 Å². The molecule has 0 saturated carbocycles. The van der Waals surface area contributed by atoms with Gasteiger partial charge in [0.25, 0.3) is 0 Å². The summed E-state index contributed by atoms with van der Waals surface area (Å²) in [6.45, 7) is 3.56. The molecule has 0 radical (unpaired) electrons. The largest absolute Gasteiger partial charge is 0.466 e. The van der Waals surface area contributed by atoms with Crippen LogP contribution in [-0.2, 0) is 19.0 Å². The first-order valence-electron chi connectivity index (χ1n) is 6.40. The van der Waals surface area contributed by atoms with Crippen molar-refractivity contribution >= 4 is 5.97 Å². The van der Waals surface area contributed by atoms with Gasteiger partial charge in [-0.25, -0.2) is 0 Å². The van der Waals surface area contributed by atoms with Gasteiger partial charge in [0.1, 0.15) is 0 Å². The van der Waals surface area contributed by atoms with Gasteiger partial charge in [-0.1, -0.05) is 6.08 Å². The normalized spacial score (nSPS) is 22.5. The molecule has 4 nitrogen and oxygen atoms in total. The first kappa shape index (κ1) is 12.6. The van der Waals surface area contributed by atoms with Crippen molar-refractivity contribution < 1.29 is 19.0 Å². The van der Waals surface area contributed by atoms with Crippen LogP contribution in [0.3, 0.4) is 0 Å². The second-order valence-corrected chi connectivity index (χ2v) is 4.38. The van der Waals surface area contributed by atoms with Crippen molar-refractivity contribution in [2.24, 2.45) is 0 Å². The molecule has 0 atom stereocenters. The Hall–Kier alpha value is -0.870. The fourth-order valence-electron chi connectivity index (χ4n) is 2.47. The summed E-state index contributed by atoms with van der Waals surface area (Å²) in [6.07, 6.45) is 6.29. The summed E-state index contributed by atoms with van der Waals surface area (Å²) in [5, 5.41) is 0. The zero-order chi connectivity index (χ0) is 12.1. The molecule has 1 aliphatic heterocycles. The van der Waals surface area contributed by atoms with Gasteiger partial charge in [-0.15, -0.1) is 0 Å². The number of hydrogen-bond acceptors (Lipinski definition) is 4. The number of ether oxygens (including phenoxy) is 3. The molecule has 4 heteroatoms. The molecule has 2 rings (SSSR count). The van der Waals surface area contributed by atoms with E-state index >= 15 is 0 Å². The summed E-state index contributed by atoms with van der Waals surface area (Å²) in [4.78, 5) is 11.4. The smallest absolute Gasteiger partial charge is 0.306 e. The fourth-order valence-corrected chi connectivity index (χ4v) is 2.47. The monoisotopic (exact) mass is 240 g/mol. The standard InChI is InChI=1S/C13H20O4/c1-2-15-12(14)7-6-11-5-3-4-8-13(11)16-9-10-17-13/h5H,2-4,6-10H2,1H3. The average molecular weight is 240 g/mol. The van der Waals surface area contributed by atoms with E-state index < -0.39 is 5.79 Å². The molecule has 0 N–H and O–H groups in total. The van der Waals surface area contributed by atoms with Crippen LogP contribution in [0.25, 0.3) is 0 Å². The molecule has 1 heterocycles. The Kier molecular flexibility index (Phi) is 4.18. The average Bonchev–Trinajstić information content (AvgIpc) is 2.78. The first-order chi connectivity index (χ1) is 8.27. The van der Waals surface area contributed by atoms with E-state index in [-0.39, 0.29) is 5.97 Å². The minimum Gasteiger partial charge on any atom is -0.466 e. The summed E-state index contributed by atoms with van der Waals surface area (Å²) in [6, 6.07) is 0. The Morgan fingerprint density at radius 2 is 2.24 bits per heavy atom. The lowest BCUT2D eigenvalue weighted by Crippen LogP contribution is -2.35.